The fraction of sp³-hybridized carbons (Fsp3) is 0.250. The largest absolute Gasteiger partial charge is 0.310 e. The average molecular weight is 383 g/mol. The number of fused-ring (bicyclic) bond motifs is 1. The SMILES string of the molecule is Cc1ccc(C(=O)NNC(=O)CCN2C(=O)CSc3ccccc32)c(C)c1. The molecule has 0 saturated carbocycles. The molecule has 0 aliphatic carbocycles. The molecule has 0 atom stereocenters. The number of nitrogens with zero attached hydrogens (tertiary/aromatic N) is 1. The smallest absolute Gasteiger partial charge is 0.269 e. The number of hydrazine groups is 1. The second-order valence-corrected chi connectivity index (χ2v) is 7.39. The molecule has 3 rings (SSSR count). The van der Waals surface area contributed by atoms with E-state index < -0.39 is 0 Å². The molecule has 0 saturated heterocycles. The molecule has 3 amide bonds. The first-order valence-electron chi connectivity index (χ1n) is 8.64. The second-order valence-electron chi connectivity index (χ2n) is 6.37. The third kappa shape index (κ3) is 4.49. The van der Waals surface area contributed by atoms with Crippen molar-refractivity contribution in [2.45, 2.75) is 25.2 Å². The van der Waals surface area contributed by atoms with Gasteiger partial charge in [-0.25, -0.2) is 0 Å². The first-order valence-corrected chi connectivity index (χ1v) is 9.63. The maximum atomic E-state index is 12.2. The predicted molar refractivity (Wildman–Crippen MR) is 106 cm³/mol. The van der Waals surface area contributed by atoms with Crippen LogP contribution in [0, 0.1) is 13.8 Å². The fourth-order valence-corrected chi connectivity index (χ4v) is 3.87. The quantitative estimate of drug-likeness (QED) is 0.796. The number of anilines is 1. The summed E-state index contributed by atoms with van der Waals surface area (Å²) in [6.07, 6.45) is 0.0951. The summed E-state index contributed by atoms with van der Waals surface area (Å²) in [5.74, 6) is -0.374. The van der Waals surface area contributed by atoms with Crippen molar-refractivity contribution in [1.29, 1.82) is 0 Å². The van der Waals surface area contributed by atoms with E-state index in [0.717, 1.165) is 21.7 Å². The van der Waals surface area contributed by atoms with E-state index in [9.17, 15) is 14.4 Å². The molecule has 0 bridgehead atoms. The molecule has 1 aliphatic rings. The number of hydrogen-bond donors (Lipinski definition) is 2. The highest BCUT2D eigenvalue weighted by Crippen LogP contribution is 2.34. The van der Waals surface area contributed by atoms with Gasteiger partial charge in [0.05, 0.1) is 11.4 Å². The molecule has 7 heteroatoms. The van der Waals surface area contributed by atoms with Crippen molar-refractivity contribution in [1.82, 2.24) is 10.9 Å². The summed E-state index contributed by atoms with van der Waals surface area (Å²) in [5, 5.41) is 0. The van der Waals surface area contributed by atoms with Crippen molar-refractivity contribution in [2.24, 2.45) is 0 Å². The van der Waals surface area contributed by atoms with Crippen molar-refractivity contribution in [3.63, 3.8) is 0 Å². The topological polar surface area (TPSA) is 78.5 Å². The number of amides is 3. The average Bonchev–Trinajstić information content (AvgIpc) is 2.65. The number of benzene rings is 2. The highest BCUT2D eigenvalue weighted by molar-refractivity contribution is 8.00. The Morgan fingerprint density at radius 3 is 2.67 bits per heavy atom. The van der Waals surface area contributed by atoms with Gasteiger partial charge in [-0.05, 0) is 37.6 Å². The van der Waals surface area contributed by atoms with Crippen molar-refractivity contribution in [3.8, 4) is 0 Å². The number of carbonyl (C=O) groups excluding carboxylic acids is 3. The number of rotatable bonds is 4. The minimum Gasteiger partial charge on any atom is -0.310 e. The first kappa shape index (κ1) is 19.0. The van der Waals surface area contributed by atoms with Crippen LogP contribution in [0.15, 0.2) is 47.4 Å². The lowest BCUT2D eigenvalue weighted by Gasteiger charge is -2.28. The Hall–Kier alpha value is -2.80. The van der Waals surface area contributed by atoms with Crippen LogP contribution < -0.4 is 15.8 Å². The van der Waals surface area contributed by atoms with Gasteiger partial charge in [0.25, 0.3) is 5.91 Å². The number of thioether (sulfide) groups is 1. The van der Waals surface area contributed by atoms with Crippen LogP contribution in [0.25, 0.3) is 0 Å². The van der Waals surface area contributed by atoms with E-state index in [2.05, 4.69) is 10.9 Å². The number of nitrogens with one attached hydrogen (secondary N) is 2. The monoisotopic (exact) mass is 383 g/mol. The molecule has 0 aromatic heterocycles. The van der Waals surface area contributed by atoms with E-state index in [1.165, 1.54) is 11.8 Å². The van der Waals surface area contributed by atoms with Gasteiger partial charge in [-0.1, -0.05) is 29.8 Å². The van der Waals surface area contributed by atoms with Crippen molar-refractivity contribution < 1.29 is 14.4 Å². The lowest BCUT2D eigenvalue weighted by atomic mass is 10.1. The van der Waals surface area contributed by atoms with Gasteiger partial charge in [-0.15, -0.1) is 11.8 Å². The molecular weight excluding hydrogens is 362 g/mol. The molecule has 1 aliphatic heterocycles. The maximum absolute atomic E-state index is 12.2. The molecule has 2 aromatic rings. The molecule has 27 heavy (non-hydrogen) atoms. The summed E-state index contributed by atoms with van der Waals surface area (Å²) < 4.78 is 0. The van der Waals surface area contributed by atoms with E-state index in [0.29, 0.717) is 11.3 Å². The molecule has 2 aromatic carbocycles. The van der Waals surface area contributed by atoms with Crippen molar-refractivity contribution in [2.75, 3.05) is 17.2 Å². The van der Waals surface area contributed by atoms with Crippen LogP contribution >= 0.6 is 11.8 Å². The summed E-state index contributed by atoms with van der Waals surface area (Å²) in [6.45, 7) is 4.07. The van der Waals surface area contributed by atoms with Gasteiger partial charge >= 0.3 is 0 Å². The van der Waals surface area contributed by atoms with E-state index in [1.54, 1.807) is 11.0 Å². The predicted octanol–water partition coefficient (Wildman–Crippen LogP) is 2.59. The van der Waals surface area contributed by atoms with Gasteiger partial charge in [0.1, 0.15) is 0 Å². The van der Waals surface area contributed by atoms with Crippen LogP contribution in [-0.4, -0.2) is 30.0 Å². The highest BCUT2D eigenvalue weighted by atomic mass is 32.2. The zero-order valence-electron chi connectivity index (χ0n) is 15.2. The third-order valence-corrected chi connectivity index (χ3v) is 5.36. The highest BCUT2D eigenvalue weighted by Gasteiger charge is 2.24. The Kier molecular flexibility index (Phi) is 5.81. The number of para-hydroxylation sites is 1. The lowest BCUT2D eigenvalue weighted by Crippen LogP contribution is -2.44. The van der Waals surface area contributed by atoms with Crippen LogP contribution in [-0.2, 0) is 9.59 Å². The summed E-state index contributed by atoms with van der Waals surface area (Å²) >= 11 is 1.50. The second kappa shape index (κ2) is 8.26. The minimum atomic E-state index is -0.364. The minimum absolute atomic E-state index is 0.0224. The van der Waals surface area contributed by atoms with Gasteiger partial charge in [-0.2, -0.15) is 0 Å². The summed E-state index contributed by atoms with van der Waals surface area (Å²) in [4.78, 5) is 39.2. The molecule has 0 unspecified atom stereocenters. The first-order chi connectivity index (χ1) is 13.0. The summed E-state index contributed by atoms with van der Waals surface area (Å²) in [7, 11) is 0. The Morgan fingerprint density at radius 2 is 1.89 bits per heavy atom. The molecule has 140 valence electrons. The molecule has 2 N–H and O–H groups in total. The van der Waals surface area contributed by atoms with E-state index in [1.807, 2.05) is 50.2 Å². The summed E-state index contributed by atoms with van der Waals surface area (Å²) in [5.41, 5.74) is 8.10. The van der Waals surface area contributed by atoms with Crippen LogP contribution in [0.1, 0.15) is 27.9 Å². The molecule has 1 heterocycles. The van der Waals surface area contributed by atoms with E-state index in [-0.39, 0.29) is 30.7 Å². The maximum Gasteiger partial charge on any atom is 0.269 e. The third-order valence-electron chi connectivity index (χ3n) is 4.31. The molecule has 0 radical (unpaired) electrons. The van der Waals surface area contributed by atoms with Crippen LogP contribution in [0.3, 0.4) is 0 Å². The van der Waals surface area contributed by atoms with Crippen molar-refractivity contribution >= 4 is 35.2 Å². The molecule has 6 nitrogen and oxygen atoms in total. The van der Waals surface area contributed by atoms with E-state index >= 15 is 0 Å². The normalized spacial score (nSPS) is 13.1. The lowest BCUT2D eigenvalue weighted by molar-refractivity contribution is -0.121. The Morgan fingerprint density at radius 1 is 1.11 bits per heavy atom. The van der Waals surface area contributed by atoms with Gasteiger partial charge in [-0.3, -0.25) is 25.2 Å². The van der Waals surface area contributed by atoms with Gasteiger partial charge in [0.2, 0.25) is 11.8 Å². The van der Waals surface area contributed by atoms with Gasteiger partial charge in [0, 0.05) is 23.4 Å². The molecule has 0 fully saturated rings. The molecular formula is C20H21N3O3S. The van der Waals surface area contributed by atoms with Gasteiger partial charge in [0.15, 0.2) is 0 Å². The number of aryl methyl sites for hydroxylation is 2. The van der Waals surface area contributed by atoms with E-state index in [4.69, 9.17) is 0 Å². The fourth-order valence-electron chi connectivity index (χ4n) is 2.94. The van der Waals surface area contributed by atoms with Crippen LogP contribution in [0.2, 0.25) is 0 Å². The number of hydrogen-bond acceptors (Lipinski definition) is 4. The van der Waals surface area contributed by atoms with Crippen LogP contribution in [0.4, 0.5) is 5.69 Å². The van der Waals surface area contributed by atoms with Crippen LogP contribution in [0.5, 0.6) is 0 Å². The zero-order chi connectivity index (χ0) is 19.4. The molecule has 0 spiro atoms. The Labute approximate surface area is 162 Å². The summed E-state index contributed by atoms with van der Waals surface area (Å²) in [6, 6.07) is 13.1. The standard InChI is InChI=1S/C20H21N3O3S/c1-13-7-8-15(14(2)11-13)20(26)22-21-18(24)9-10-23-16-5-3-4-6-17(16)27-12-19(23)25/h3-8,11H,9-10,12H2,1-2H3,(H,21,24)(H,22,26). The Bertz CT molecular complexity index is 898. The van der Waals surface area contributed by atoms with Crippen molar-refractivity contribution in [3.05, 3.63) is 59.2 Å². The number of carbonyl (C=O) groups is 3. The Balaban J connectivity index is 1.54. The van der Waals surface area contributed by atoms with Gasteiger partial charge < -0.3 is 4.90 Å². The zero-order valence-corrected chi connectivity index (χ0v) is 16.1.